The highest BCUT2D eigenvalue weighted by atomic mass is 32.2. The van der Waals surface area contributed by atoms with Crippen molar-refractivity contribution in [1.29, 1.82) is 0 Å². The van der Waals surface area contributed by atoms with Gasteiger partial charge in [0.1, 0.15) is 10.6 Å². The first-order chi connectivity index (χ1) is 12.1. The average molecular weight is 382 g/mol. The molecular formula is C18H23NO4S2. The van der Waals surface area contributed by atoms with Gasteiger partial charge < -0.3 is 9.47 Å². The van der Waals surface area contributed by atoms with E-state index in [2.05, 4.69) is 0 Å². The number of para-hydroxylation sites is 1. The summed E-state index contributed by atoms with van der Waals surface area (Å²) in [6.07, 6.45) is 1.42. The van der Waals surface area contributed by atoms with Crippen LogP contribution < -0.4 is 4.74 Å². The molecule has 3 rings (SSSR count). The lowest BCUT2D eigenvalue weighted by Gasteiger charge is -2.33. The predicted molar refractivity (Wildman–Crippen MR) is 98.5 cm³/mol. The van der Waals surface area contributed by atoms with Crippen LogP contribution in [-0.4, -0.2) is 38.6 Å². The first-order valence-electron chi connectivity index (χ1n) is 8.46. The minimum Gasteiger partial charge on any atom is -0.492 e. The van der Waals surface area contributed by atoms with Gasteiger partial charge in [0.2, 0.25) is 10.0 Å². The van der Waals surface area contributed by atoms with E-state index in [9.17, 15) is 8.42 Å². The van der Waals surface area contributed by atoms with Crippen LogP contribution in [0.4, 0.5) is 0 Å². The third-order valence-electron chi connectivity index (χ3n) is 4.23. The first kappa shape index (κ1) is 18.4. The van der Waals surface area contributed by atoms with Gasteiger partial charge in [-0.25, -0.2) is 8.42 Å². The van der Waals surface area contributed by atoms with Crippen molar-refractivity contribution in [2.45, 2.75) is 37.2 Å². The van der Waals surface area contributed by atoms with Crippen LogP contribution in [0.15, 0.2) is 46.7 Å². The van der Waals surface area contributed by atoms with Crippen molar-refractivity contribution in [3.8, 4) is 5.75 Å². The van der Waals surface area contributed by atoms with Gasteiger partial charge >= 0.3 is 0 Å². The molecule has 0 radical (unpaired) electrons. The summed E-state index contributed by atoms with van der Waals surface area (Å²) in [6.45, 7) is 3.84. The second kappa shape index (κ2) is 8.31. The van der Waals surface area contributed by atoms with Gasteiger partial charge in [0.05, 0.1) is 6.61 Å². The van der Waals surface area contributed by atoms with Gasteiger partial charge in [-0.3, -0.25) is 0 Å². The second-order valence-electron chi connectivity index (χ2n) is 5.85. The van der Waals surface area contributed by atoms with Gasteiger partial charge in [-0.1, -0.05) is 18.2 Å². The van der Waals surface area contributed by atoms with Crippen molar-refractivity contribution in [1.82, 2.24) is 4.31 Å². The highest BCUT2D eigenvalue weighted by Gasteiger charge is 2.34. The lowest BCUT2D eigenvalue weighted by molar-refractivity contribution is 0.0571. The van der Waals surface area contributed by atoms with Crippen LogP contribution in [0.1, 0.15) is 24.6 Å². The molecule has 0 amide bonds. The zero-order valence-electron chi connectivity index (χ0n) is 14.3. The molecule has 2 aromatic rings. The fraction of sp³-hybridized carbons (Fsp3) is 0.444. The van der Waals surface area contributed by atoms with Gasteiger partial charge in [0.15, 0.2) is 0 Å². The first-order valence-corrected chi connectivity index (χ1v) is 10.8. The number of hydrogen-bond donors (Lipinski definition) is 0. The number of sulfonamides is 1. The Morgan fingerprint density at radius 3 is 2.64 bits per heavy atom. The van der Waals surface area contributed by atoms with Crippen LogP contribution in [-0.2, 0) is 21.3 Å². The highest BCUT2D eigenvalue weighted by molar-refractivity contribution is 7.89. The topological polar surface area (TPSA) is 55.8 Å². The molecule has 0 bridgehead atoms. The number of rotatable bonds is 7. The van der Waals surface area contributed by atoms with Gasteiger partial charge in [-0.15, -0.1) is 11.3 Å². The Labute approximate surface area is 153 Å². The maximum atomic E-state index is 13.5. The molecule has 0 atom stereocenters. The van der Waals surface area contributed by atoms with E-state index >= 15 is 0 Å². The molecule has 1 aliphatic rings. The standard InChI is InChI=1S/C18H23NO4S2/c1-2-23-17-7-3-4-8-18(17)25(20,21)19(14-16-6-5-13-24-16)15-9-11-22-12-10-15/h3-8,13,15H,2,9-12,14H2,1H3. The van der Waals surface area contributed by atoms with E-state index in [0.29, 0.717) is 45.0 Å². The van der Waals surface area contributed by atoms with Crippen LogP contribution in [0.2, 0.25) is 0 Å². The third-order valence-corrected chi connectivity index (χ3v) is 7.02. The zero-order valence-corrected chi connectivity index (χ0v) is 15.9. The van der Waals surface area contributed by atoms with Gasteiger partial charge in [0.25, 0.3) is 0 Å². The summed E-state index contributed by atoms with van der Waals surface area (Å²) in [4.78, 5) is 1.27. The molecule has 1 fully saturated rings. The molecule has 0 spiro atoms. The van der Waals surface area contributed by atoms with Gasteiger partial charge in [0, 0.05) is 30.7 Å². The van der Waals surface area contributed by atoms with E-state index in [-0.39, 0.29) is 10.9 Å². The van der Waals surface area contributed by atoms with Crippen LogP contribution in [0.25, 0.3) is 0 Å². The third kappa shape index (κ3) is 4.23. The Balaban J connectivity index is 1.98. The summed E-state index contributed by atoms with van der Waals surface area (Å²) < 4.78 is 39.5. The smallest absolute Gasteiger partial charge is 0.247 e. The highest BCUT2D eigenvalue weighted by Crippen LogP contribution is 2.31. The van der Waals surface area contributed by atoms with Gasteiger partial charge in [-0.05, 0) is 43.3 Å². The number of benzene rings is 1. The monoisotopic (exact) mass is 381 g/mol. The van der Waals surface area contributed by atoms with Crippen LogP contribution in [0.5, 0.6) is 5.75 Å². The van der Waals surface area contributed by atoms with E-state index in [1.165, 1.54) is 0 Å². The predicted octanol–water partition coefficient (Wildman–Crippen LogP) is 3.52. The molecule has 2 heterocycles. The van der Waals surface area contributed by atoms with Crippen molar-refractivity contribution < 1.29 is 17.9 Å². The summed E-state index contributed by atoms with van der Waals surface area (Å²) in [5, 5.41) is 1.97. The van der Waals surface area contributed by atoms with Crippen LogP contribution >= 0.6 is 11.3 Å². The molecule has 1 aliphatic heterocycles. The summed E-state index contributed by atoms with van der Waals surface area (Å²) in [7, 11) is -3.67. The maximum absolute atomic E-state index is 13.5. The van der Waals surface area contributed by atoms with Crippen LogP contribution in [0.3, 0.4) is 0 Å². The zero-order chi connectivity index (χ0) is 17.7. The molecule has 0 unspecified atom stereocenters. The van der Waals surface area contributed by atoms with E-state index in [1.54, 1.807) is 39.9 Å². The second-order valence-corrected chi connectivity index (χ2v) is 8.74. The lowest BCUT2D eigenvalue weighted by atomic mass is 10.1. The number of hydrogen-bond acceptors (Lipinski definition) is 5. The minimum absolute atomic E-state index is 0.0597. The Kier molecular flexibility index (Phi) is 6.11. The quantitative estimate of drug-likeness (QED) is 0.736. The molecule has 25 heavy (non-hydrogen) atoms. The molecule has 0 N–H and O–H groups in total. The van der Waals surface area contributed by atoms with Crippen molar-refractivity contribution >= 4 is 21.4 Å². The fourth-order valence-corrected chi connectivity index (χ4v) is 5.59. The van der Waals surface area contributed by atoms with Crippen molar-refractivity contribution in [2.75, 3.05) is 19.8 Å². The van der Waals surface area contributed by atoms with Crippen molar-refractivity contribution in [3.63, 3.8) is 0 Å². The molecule has 136 valence electrons. The van der Waals surface area contributed by atoms with Gasteiger partial charge in [-0.2, -0.15) is 4.31 Å². The molecule has 1 aromatic carbocycles. The summed E-state index contributed by atoms with van der Waals surface area (Å²) >= 11 is 1.57. The Hall–Kier alpha value is -1.41. The number of thiophene rings is 1. The van der Waals surface area contributed by atoms with Crippen molar-refractivity contribution in [3.05, 3.63) is 46.7 Å². The Morgan fingerprint density at radius 2 is 1.96 bits per heavy atom. The number of nitrogens with zero attached hydrogens (tertiary/aromatic N) is 1. The molecule has 0 saturated carbocycles. The van der Waals surface area contributed by atoms with Crippen LogP contribution in [0, 0.1) is 0 Å². The summed E-state index contributed by atoms with van der Waals surface area (Å²) in [5.41, 5.74) is 0. The lowest BCUT2D eigenvalue weighted by Crippen LogP contribution is -2.42. The summed E-state index contributed by atoms with van der Waals surface area (Å²) in [6, 6.07) is 10.7. The fourth-order valence-electron chi connectivity index (χ4n) is 3.00. The molecule has 1 aromatic heterocycles. The SMILES string of the molecule is CCOc1ccccc1S(=O)(=O)N(Cc1cccs1)C1CCOCC1. The molecule has 7 heteroatoms. The van der Waals surface area contributed by atoms with E-state index in [0.717, 1.165) is 4.88 Å². The van der Waals surface area contributed by atoms with E-state index in [4.69, 9.17) is 9.47 Å². The molecular weight excluding hydrogens is 358 g/mol. The molecule has 5 nitrogen and oxygen atoms in total. The average Bonchev–Trinajstić information content (AvgIpc) is 3.14. The number of ether oxygens (including phenoxy) is 2. The Morgan fingerprint density at radius 1 is 1.20 bits per heavy atom. The van der Waals surface area contributed by atoms with Crippen molar-refractivity contribution in [2.24, 2.45) is 0 Å². The normalized spacial score (nSPS) is 16.2. The van der Waals surface area contributed by atoms with E-state index in [1.807, 2.05) is 24.4 Å². The van der Waals surface area contributed by atoms with E-state index < -0.39 is 10.0 Å². The summed E-state index contributed by atoms with van der Waals surface area (Å²) in [5.74, 6) is 0.410. The molecule has 1 saturated heterocycles. The maximum Gasteiger partial charge on any atom is 0.247 e. The molecule has 0 aliphatic carbocycles. The minimum atomic E-state index is -3.67. The largest absolute Gasteiger partial charge is 0.492 e. The Bertz CT molecular complexity index is 768.